The number of rotatable bonds is 12. The molecule has 0 bridgehead atoms. The van der Waals surface area contributed by atoms with Crippen LogP contribution >= 0.6 is 46.5 Å². The van der Waals surface area contributed by atoms with Gasteiger partial charge in [-0.05, 0) is 26.0 Å². The zero-order valence-electron chi connectivity index (χ0n) is 22.8. The maximum Gasteiger partial charge on any atom is 0.350 e. The third kappa shape index (κ3) is 6.44. The molecule has 4 rings (SSSR count). The fourth-order valence-electron chi connectivity index (χ4n) is 3.89. The molecule has 0 spiro atoms. The molecule has 20 heteroatoms. The monoisotopic (exact) mass is 688 g/mol. The zero-order valence-corrected chi connectivity index (χ0v) is 26.0. The number of phenolic OH excluding ortho intramolecular Hbond substituents is 2. The van der Waals surface area contributed by atoms with E-state index in [4.69, 9.17) is 22.2 Å². The number of carbonyl (C=O) groups is 5. The number of carboxylic acids is 2. The normalized spacial score (nSPS) is 21.3. The molecule has 2 fully saturated rings. The minimum Gasteiger partial charge on any atom is -0.504 e. The Balaban J connectivity index is 1.41. The number of fused-ring (bicyclic) bond motifs is 1. The maximum atomic E-state index is 13.2. The van der Waals surface area contributed by atoms with E-state index in [1.807, 2.05) is 0 Å². The molecule has 1 aromatic carbocycles. The topological polar surface area (TPSA) is 254 Å². The number of hydrogen-bond donors (Lipinski definition) is 7. The van der Waals surface area contributed by atoms with Gasteiger partial charge in [0, 0.05) is 17.7 Å². The van der Waals surface area contributed by atoms with Crippen LogP contribution in [0.3, 0.4) is 0 Å². The van der Waals surface area contributed by atoms with E-state index in [2.05, 4.69) is 20.8 Å². The van der Waals surface area contributed by atoms with E-state index < -0.39 is 68.0 Å². The highest BCUT2D eigenvalue weighted by atomic mass is 35.5. The molecule has 0 aliphatic carbocycles. The number of nitrogen functional groups attached to an aromatic ring is 1. The highest BCUT2D eigenvalue weighted by Crippen LogP contribution is 2.52. The molecule has 16 nitrogen and oxygen atoms in total. The van der Waals surface area contributed by atoms with E-state index in [1.165, 1.54) is 30.2 Å². The molecule has 236 valence electrons. The second-order valence-electron chi connectivity index (χ2n) is 9.80. The van der Waals surface area contributed by atoms with Gasteiger partial charge in [-0.2, -0.15) is 0 Å². The molecule has 2 aliphatic rings. The van der Waals surface area contributed by atoms with Crippen LogP contribution in [0.2, 0.25) is 5.02 Å². The van der Waals surface area contributed by atoms with Crippen molar-refractivity contribution in [3.63, 3.8) is 0 Å². The lowest BCUT2D eigenvalue weighted by molar-refractivity contribution is -0.161. The first-order valence-electron chi connectivity index (χ1n) is 12.4. The van der Waals surface area contributed by atoms with E-state index in [9.17, 15) is 44.4 Å². The first-order chi connectivity index (χ1) is 20.6. The quantitative estimate of drug-likeness (QED) is 0.0533. The van der Waals surface area contributed by atoms with Gasteiger partial charge in [0.25, 0.3) is 11.8 Å². The molecule has 2 aliphatic heterocycles. The van der Waals surface area contributed by atoms with Crippen LogP contribution in [0.4, 0.5) is 5.13 Å². The fraction of sp³-hybridized carbons (Fsp3) is 0.375. The molecule has 1 aromatic heterocycles. The Hall–Kier alpha value is -3.94. The number of aromatic hydroxyl groups is 2. The Morgan fingerprint density at radius 2 is 2.00 bits per heavy atom. The molecular weight excluding hydrogens is 664 g/mol. The highest BCUT2D eigenvalue weighted by Gasteiger charge is 2.62. The molecule has 3 heterocycles. The zero-order chi connectivity index (χ0) is 32.6. The van der Waals surface area contributed by atoms with E-state index in [1.54, 1.807) is 0 Å². The number of halogens is 1. The van der Waals surface area contributed by atoms with Gasteiger partial charge in [-0.25, -0.2) is 14.6 Å². The van der Waals surface area contributed by atoms with Crippen molar-refractivity contribution < 1.29 is 49.2 Å². The summed E-state index contributed by atoms with van der Waals surface area (Å²) in [5.41, 5.74) is 3.32. The van der Waals surface area contributed by atoms with Crippen LogP contribution < -0.4 is 16.4 Å². The average Bonchev–Trinajstić information content (AvgIpc) is 3.55. The number of aliphatic carboxylic acids is 2. The summed E-state index contributed by atoms with van der Waals surface area (Å²) in [5.74, 6) is -5.73. The Morgan fingerprint density at radius 3 is 2.61 bits per heavy atom. The number of nitrogens with zero attached hydrogens (tertiary/aromatic N) is 3. The van der Waals surface area contributed by atoms with Gasteiger partial charge in [0.2, 0.25) is 11.5 Å². The third-order valence-corrected chi connectivity index (χ3v) is 10.7. The molecular formula is C24H25ClN6O10S3. The van der Waals surface area contributed by atoms with Gasteiger partial charge in [0.15, 0.2) is 26.4 Å². The van der Waals surface area contributed by atoms with Gasteiger partial charge in [-0.15, -0.1) is 34.9 Å². The van der Waals surface area contributed by atoms with E-state index in [-0.39, 0.29) is 40.3 Å². The standard InChI is InChI=1S/C24H25ClN6O10S3/c1-23(2,20(37)38)41-30-13(10-7-42-22(26)28-10)17(35)29-14-18(36)31-8-24(21(39)40,44-19(14)31)43-6-5-27-16(34)9-3-4-11(32)15(33)12(9)25/h3-4,7,14,19,32-33H,5-6,8H2,1-2H3,(H2,26,28)(H,27,34)(H,29,35)(H,37,38)(H,39,40)/b30-13-/t14-,19-,24-/m1/s1. The summed E-state index contributed by atoms with van der Waals surface area (Å²) in [6, 6.07) is 1.18. The van der Waals surface area contributed by atoms with Crippen molar-refractivity contribution in [2.45, 2.75) is 34.9 Å². The number of thioether (sulfide) groups is 2. The number of benzene rings is 1. The number of amides is 3. The average molecular weight is 689 g/mol. The van der Waals surface area contributed by atoms with E-state index in [0.29, 0.717) is 0 Å². The number of hydrogen-bond acceptors (Lipinski definition) is 14. The molecule has 0 saturated carbocycles. The van der Waals surface area contributed by atoms with Gasteiger partial charge < -0.3 is 46.5 Å². The van der Waals surface area contributed by atoms with Crippen molar-refractivity contribution in [3.8, 4) is 11.5 Å². The fourth-order valence-corrected chi connectivity index (χ4v) is 7.72. The van der Waals surface area contributed by atoms with Crippen molar-refractivity contribution in [2.24, 2.45) is 5.16 Å². The summed E-state index contributed by atoms with van der Waals surface area (Å²) in [6.07, 6.45) is 0. The van der Waals surface area contributed by atoms with Crippen molar-refractivity contribution in [1.82, 2.24) is 20.5 Å². The number of nitrogens with one attached hydrogen (secondary N) is 2. The predicted molar refractivity (Wildman–Crippen MR) is 161 cm³/mol. The van der Waals surface area contributed by atoms with Gasteiger partial charge in [0.1, 0.15) is 17.1 Å². The number of phenols is 2. The number of carboxylic acid groups (broad SMARTS) is 2. The summed E-state index contributed by atoms with van der Waals surface area (Å²) < 4.78 is -1.52. The van der Waals surface area contributed by atoms with E-state index >= 15 is 0 Å². The van der Waals surface area contributed by atoms with Crippen LogP contribution in [-0.4, -0.2) is 106 Å². The molecule has 3 atom stereocenters. The summed E-state index contributed by atoms with van der Waals surface area (Å²) >= 11 is 8.82. The lowest BCUT2D eigenvalue weighted by Gasteiger charge is -2.41. The third-order valence-electron chi connectivity index (χ3n) is 6.37. The lowest BCUT2D eigenvalue weighted by atomic mass is 10.1. The second kappa shape index (κ2) is 12.6. The van der Waals surface area contributed by atoms with Crippen LogP contribution in [0.1, 0.15) is 29.9 Å². The van der Waals surface area contributed by atoms with Gasteiger partial charge in [-0.3, -0.25) is 14.4 Å². The van der Waals surface area contributed by atoms with Gasteiger partial charge in [-0.1, -0.05) is 16.8 Å². The van der Waals surface area contributed by atoms with Gasteiger partial charge >= 0.3 is 11.9 Å². The predicted octanol–water partition coefficient (Wildman–Crippen LogP) is 0.718. The summed E-state index contributed by atoms with van der Waals surface area (Å²) in [6.45, 7) is 2.25. The highest BCUT2D eigenvalue weighted by molar-refractivity contribution is 8.20. The number of oxime groups is 1. The molecule has 44 heavy (non-hydrogen) atoms. The summed E-state index contributed by atoms with van der Waals surface area (Å²) in [5, 5.41) is 47.7. The number of β-lactam (4-membered cyclic amide) rings is 1. The van der Waals surface area contributed by atoms with E-state index in [0.717, 1.165) is 40.9 Å². The van der Waals surface area contributed by atoms with Crippen molar-refractivity contribution in [2.75, 3.05) is 24.6 Å². The first-order valence-corrected chi connectivity index (χ1v) is 15.6. The van der Waals surface area contributed by atoms with Crippen LogP contribution in [0.5, 0.6) is 11.5 Å². The maximum absolute atomic E-state index is 13.2. The number of anilines is 1. The lowest BCUT2D eigenvalue weighted by Crippen LogP contribution is -2.68. The number of aromatic nitrogens is 1. The number of thiazole rings is 1. The van der Waals surface area contributed by atoms with Crippen molar-refractivity contribution >= 4 is 87.0 Å². The van der Waals surface area contributed by atoms with Crippen LogP contribution in [0.15, 0.2) is 22.7 Å². The van der Waals surface area contributed by atoms with Crippen molar-refractivity contribution in [3.05, 3.63) is 33.8 Å². The molecule has 0 radical (unpaired) electrons. The van der Waals surface area contributed by atoms with Crippen molar-refractivity contribution in [1.29, 1.82) is 0 Å². The largest absolute Gasteiger partial charge is 0.504 e. The Morgan fingerprint density at radius 1 is 1.30 bits per heavy atom. The molecule has 2 saturated heterocycles. The molecule has 8 N–H and O–H groups in total. The smallest absolute Gasteiger partial charge is 0.350 e. The Kier molecular flexibility index (Phi) is 9.43. The summed E-state index contributed by atoms with van der Waals surface area (Å²) in [7, 11) is 0. The number of nitrogens with two attached hydrogens (primary N) is 1. The summed E-state index contributed by atoms with van der Waals surface area (Å²) in [4.78, 5) is 72.7. The molecule has 3 amide bonds. The Bertz CT molecular complexity index is 1570. The van der Waals surface area contributed by atoms with Crippen LogP contribution in [-0.2, 0) is 24.0 Å². The van der Waals surface area contributed by atoms with Crippen LogP contribution in [0, 0.1) is 0 Å². The second-order valence-corrected chi connectivity index (χ2v) is 14.1. The number of carbonyl (C=O) groups excluding carboxylic acids is 3. The molecule has 0 unspecified atom stereocenters. The first kappa shape index (κ1) is 33.0. The minimum atomic E-state index is -1.80. The van der Waals surface area contributed by atoms with Gasteiger partial charge in [0.05, 0.1) is 17.1 Å². The minimum absolute atomic E-state index is 0.000871. The SMILES string of the molecule is CC(C)(O/N=C(\C(=O)N[C@@H]1C(=O)N2C[C@](SCCNC(=O)c3ccc(O)c(O)c3Cl)(C(=O)O)S[C@H]12)c1csc(N)n1)C(=O)O. The Labute approximate surface area is 266 Å². The van der Waals surface area contributed by atoms with Crippen LogP contribution in [0.25, 0.3) is 0 Å². The molecule has 2 aromatic rings.